The van der Waals surface area contributed by atoms with Crippen LogP contribution >= 0.6 is 0 Å². The van der Waals surface area contributed by atoms with Crippen LogP contribution in [-0.4, -0.2) is 25.8 Å². The molecule has 0 unspecified atom stereocenters. The molecule has 0 bridgehead atoms. The number of nitrogens with zero attached hydrogens (tertiary/aromatic N) is 1. The molecule has 2 amide bonds. The zero-order chi connectivity index (χ0) is 23.2. The Morgan fingerprint density at radius 3 is 2.38 bits per heavy atom. The number of nitrogens with one attached hydrogen (secondary N) is 2. The Labute approximate surface area is 182 Å². The molecule has 0 aliphatic heterocycles. The van der Waals surface area contributed by atoms with Gasteiger partial charge in [0.15, 0.2) is 9.84 Å². The van der Waals surface area contributed by atoms with Gasteiger partial charge in [0, 0.05) is 30.2 Å². The Kier molecular flexibility index (Phi) is 6.98. The van der Waals surface area contributed by atoms with Crippen LogP contribution in [0.25, 0.3) is 0 Å². The van der Waals surface area contributed by atoms with Gasteiger partial charge in [-0.15, -0.1) is 13.2 Å². The SMILES string of the molecule is O=C(NCc1cccnc1)Nc1ccc(S(=O)(=O)Cc2ccccc2OC(F)(F)F)cc1. The number of alkyl halides is 3. The first-order chi connectivity index (χ1) is 15.1. The fourth-order valence-electron chi connectivity index (χ4n) is 2.74. The second-order valence-electron chi connectivity index (χ2n) is 6.61. The van der Waals surface area contributed by atoms with E-state index in [0.717, 1.165) is 11.6 Å². The van der Waals surface area contributed by atoms with Gasteiger partial charge in [-0.1, -0.05) is 24.3 Å². The van der Waals surface area contributed by atoms with Crippen molar-refractivity contribution >= 4 is 21.6 Å². The van der Waals surface area contributed by atoms with E-state index in [1.54, 1.807) is 24.5 Å². The van der Waals surface area contributed by atoms with E-state index in [1.165, 1.54) is 42.5 Å². The zero-order valence-electron chi connectivity index (χ0n) is 16.5. The minimum atomic E-state index is -4.94. The van der Waals surface area contributed by atoms with Crippen LogP contribution < -0.4 is 15.4 Å². The molecular formula is C21H18F3N3O4S. The molecule has 0 radical (unpaired) electrons. The van der Waals surface area contributed by atoms with Crippen molar-refractivity contribution in [3.05, 3.63) is 84.2 Å². The number of para-hydroxylation sites is 1. The highest BCUT2D eigenvalue weighted by Gasteiger charge is 2.32. The molecule has 0 fully saturated rings. The number of pyridine rings is 1. The van der Waals surface area contributed by atoms with Gasteiger partial charge >= 0.3 is 12.4 Å². The van der Waals surface area contributed by atoms with Crippen molar-refractivity contribution in [1.29, 1.82) is 0 Å². The predicted octanol–water partition coefficient (Wildman–Crippen LogP) is 4.28. The molecule has 7 nitrogen and oxygen atoms in total. The molecule has 3 rings (SSSR count). The third kappa shape index (κ3) is 6.71. The number of carbonyl (C=O) groups is 1. The topological polar surface area (TPSA) is 97.4 Å². The minimum Gasteiger partial charge on any atom is -0.405 e. The van der Waals surface area contributed by atoms with Crippen LogP contribution in [0.15, 0.2) is 78.0 Å². The fourth-order valence-corrected chi connectivity index (χ4v) is 4.11. The van der Waals surface area contributed by atoms with Crippen molar-refractivity contribution in [3.8, 4) is 5.75 Å². The monoisotopic (exact) mass is 465 g/mol. The number of anilines is 1. The van der Waals surface area contributed by atoms with Crippen LogP contribution in [-0.2, 0) is 22.1 Å². The van der Waals surface area contributed by atoms with Crippen LogP contribution in [0.2, 0.25) is 0 Å². The summed E-state index contributed by atoms with van der Waals surface area (Å²) in [5.74, 6) is -1.26. The van der Waals surface area contributed by atoms with Crippen LogP contribution in [0.5, 0.6) is 5.75 Å². The lowest BCUT2D eigenvalue weighted by molar-refractivity contribution is -0.274. The molecule has 2 aromatic carbocycles. The van der Waals surface area contributed by atoms with Gasteiger partial charge in [0.25, 0.3) is 0 Å². The molecule has 32 heavy (non-hydrogen) atoms. The Morgan fingerprint density at radius 1 is 1.00 bits per heavy atom. The second-order valence-corrected chi connectivity index (χ2v) is 8.60. The van der Waals surface area contributed by atoms with E-state index < -0.39 is 33.7 Å². The molecular weight excluding hydrogens is 447 g/mol. The van der Waals surface area contributed by atoms with E-state index in [1.807, 2.05) is 0 Å². The number of urea groups is 1. The Bertz CT molecular complexity index is 1170. The number of carbonyl (C=O) groups excluding carboxylic acids is 1. The van der Waals surface area contributed by atoms with Crippen molar-refractivity contribution < 1.29 is 31.1 Å². The van der Waals surface area contributed by atoms with Crippen molar-refractivity contribution in [2.45, 2.75) is 23.6 Å². The summed E-state index contributed by atoms with van der Waals surface area (Å²) in [6.07, 6.45) is -1.72. The Hall–Kier alpha value is -3.60. The summed E-state index contributed by atoms with van der Waals surface area (Å²) in [4.78, 5) is 15.8. The number of amides is 2. The summed E-state index contributed by atoms with van der Waals surface area (Å²) in [6.45, 7) is 0.255. The molecule has 11 heteroatoms. The lowest BCUT2D eigenvalue weighted by Gasteiger charge is -2.13. The number of rotatable bonds is 7. The molecule has 1 aromatic heterocycles. The number of hydrogen-bond acceptors (Lipinski definition) is 5. The van der Waals surface area contributed by atoms with Crippen molar-refractivity contribution in [2.24, 2.45) is 0 Å². The Balaban J connectivity index is 1.64. The highest BCUT2D eigenvalue weighted by molar-refractivity contribution is 7.90. The van der Waals surface area contributed by atoms with Crippen molar-refractivity contribution in [1.82, 2.24) is 10.3 Å². The normalized spacial score (nSPS) is 11.6. The number of aromatic nitrogens is 1. The van der Waals surface area contributed by atoms with Gasteiger partial charge < -0.3 is 15.4 Å². The highest BCUT2D eigenvalue weighted by atomic mass is 32.2. The molecule has 2 N–H and O–H groups in total. The molecule has 0 atom stereocenters. The van der Waals surface area contributed by atoms with Gasteiger partial charge in [0.05, 0.1) is 10.6 Å². The molecule has 1 heterocycles. The van der Waals surface area contributed by atoms with E-state index in [-0.39, 0.29) is 17.0 Å². The largest absolute Gasteiger partial charge is 0.573 e. The van der Waals surface area contributed by atoms with Crippen LogP contribution in [0.3, 0.4) is 0 Å². The first-order valence-electron chi connectivity index (χ1n) is 9.23. The number of ether oxygens (including phenoxy) is 1. The van der Waals surface area contributed by atoms with Crippen LogP contribution in [0, 0.1) is 0 Å². The van der Waals surface area contributed by atoms with Crippen LogP contribution in [0.1, 0.15) is 11.1 Å². The van der Waals surface area contributed by atoms with E-state index in [2.05, 4.69) is 20.4 Å². The number of hydrogen-bond donors (Lipinski definition) is 2. The van der Waals surface area contributed by atoms with Crippen molar-refractivity contribution in [3.63, 3.8) is 0 Å². The number of sulfone groups is 1. The third-order valence-corrected chi connectivity index (χ3v) is 5.87. The maximum Gasteiger partial charge on any atom is 0.573 e. The lowest BCUT2D eigenvalue weighted by Crippen LogP contribution is -2.28. The number of benzene rings is 2. The van der Waals surface area contributed by atoms with Gasteiger partial charge in [0.2, 0.25) is 0 Å². The lowest BCUT2D eigenvalue weighted by atomic mass is 10.2. The van der Waals surface area contributed by atoms with Gasteiger partial charge in [-0.05, 0) is 42.0 Å². The molecule has 0 saturated heterocycles. The first kappa shape index (κ1) is 23.1. The van der Waals surface area contributed by atoms with Gasteiger partial charge in [-0.3, -0.25) is 4.98 Å². The molecule has 0 aliphatic carbocycles. The first-order valence-corrected chi connectivity index (χ1v) is 10.9. The molecule has 0 aliphatic rings. The second kappa shape index (κ2) is 9.69. The maximum absolute atomic E-state index is 12.7. The zero-order valence-corrected chi connectivity index (χ0v) is 17.3. The molecule has 0 spiro atoms. The summed E-state index contributed by atoms with van der Waals surface area (Å²) in [6, 6.07) is 13.4. The fraction of sp³-hybridized carbons (Fsp3) is 0.143. The number of halogens is 3. The standard InChI is InChI=1S/C21H18F3N3O4S/c22-21(23,24)31-19-6-2-1-5-16(19)14-32(29,30)18-9-7-17(8-10-18)27-20(28)26-13-15-4-3-11-25-12-15/h1-12H,13-14H2,(H2,26,27,28). The highest BCUT2D eigenvalue weighted by Crippen LogP contribution is 2.29. The minimum absolute atomic E-state index is 0.111. The van der Waals surface area contributed by atoms with Gasteiger partial charge in [0.1, 0.15) is 5.75 Å². The van der Waals surface area contributed by atoms with E-state index in [4.69, 9.17) is 0 Å². The predicted molar refractivity (Wildman–Crippen MR) is 111 cm³/mol. The summed E-state index contributed by atoms with van der Waals surface area (Å²) in [5.41, 5.74) is 1.02. The van der Waals surface area contributed by atoms with E-state index in [9.17, 15) is 26.4 Å². The summed E-state index contributed by atoms with van der Waals surface area (Å²) < 4.78 is 66.9. The summed E-state index contributed by atoms with van der Waals surface area (Å²) >= 11 is 0. The smallest absolute Gasteiger partial charge is 0.405 e. The molecule has 168 valence electrons. The average Bonchev–Trinajstić information content (AvgIpc) is 2.74. The Morgan fingerprint density at radius 2 is 1.72 bits per heavy atom. The quantitative estimate of drug-likeness (QED) is 0.543. The summed E-state index contributed by atoms with van der Waals surface area (Å²) in [5, 5.41) is 5.20. The average molecular weight is 465 g/mol. The van der Waals surface area contributed by atoms with Gasteiger partial charge in [-0.2, -0.15) is 0 Å². The molecule has 0 saturated carbocycles. The third-order valence-electron chi connectivity index (χ3n) is 4.19. The van der Waals surface area contributed by atoms with E-state index >= 15 is 0 Å². The molecule has 3 aromatic rings. The summed E-state index contributed by atoms with van der Waals surface area (Å²) in [7, 11) is -3.97. The maximum atomic E-state index is 12.7. The van der Waals surface area contributed by atoms with Gasteiger partial charge in [-0.25, -0.2) is 13.2 Å². The van der Waals surface area contributed by atoms with E-state index in [0.29, 0.717) is 5.69 Å². The van der Waals surface area contributed by atoms with Crippen molar-refractivity contribution in [2.75, 3.05) is 5.32 Å². The van der Waals surface area contributed by atoms with Crippen LogP contribution in [0.4, 0.5) is 23.7 Å².